The molecule has 1 heterocycles. The first kappa shape index (κ1) is 17.6. The highest BCUT2D eigenvalue weighted by atomic mass is 32.2. The lowest BCUT2D eigenvalue weighted by molar-refractivity contribution is -0.523. The van der Waals surface area contributed by atoms with Gasteiger partial charge in [-0.05, 0) is 50.8 Å². The van der Waals surface area contributed by atoms with Crippen molar-refractivity contribution >= 4 is 46.3 Å². The molecule has 0 aliphatic carbocycles. The van der Waals surface area contributed by atoms with Crippen molar-refractivity contribution in [1.29, 1.82) is 0 Å². The smallest absolute Gasteiger partial charge is 0.254 e. The molecular formula is C16H22N2OS3. The lowest BCUT2D eigenvalue weighted by Crippen LogP contribution is -2.48. The highest BCUT2D eigenvalue weighted by molar-refractivity contribution is 8.24. The quantitative estimate of drug-likeness (QED) is 0.198. The van der Waals surface area contributed by atoms with E-state index in [-0.39, 0.29) is 10.9 Å². The SMILES string of the molecule is CCCN1C(=S)SC(C)(C)C1[N+]([O-])=Cc1ccc(SC)cc1. The third-order valence-corrected chi connectivity index (χ3v) is 5.97. The van der Waals surface area contributed by atoms with Gasteiger partial charge in [0.25, 0.3) is 6.17 Å². The first-order valence-corrected chi connectivity index (χ1v) is 9.78. The van der Waals surface area contributed by atoms with Crippen LogP contribution in [-0.4, -0.2) is 43.9 Å². The second-order valence-electron chi connectivity index (χ2n) is 5.80. The van der Waals surface area contributed by atoms with Crippen molar-refractivity contribution in [2.24, 2.45) is 0 Å². The van der Waals surface area contributed by atoms with Crippen molar-refractivity contribution < 1.29 is 4.74 Å². The van der Waals surface area contributed by atoms with E-state index in [0.717, 1.165) is 27.6 Å². The Kier molecular flexibility index (Phi) is 5.80. The Morgan fingerprint density at radius 2 is 2.05 bits per heavy atom. The normalized spacial score (nSPS) is 21.5. The molecule has 3 nitrogen and oxygen atoms in total. The molecule has 1 aromatic carbocycles. The fraction of sp³-hybridized carbons (Fsp3) is 0.500. The van der Waals surface area contributed by atoms with Crippen LogP contribution in [0.5, 0.6) is 0 Å². The molecule has 6 heteroatoms. The predicted molar refractivity (Wildman–Crippen MR) is 102 cm³/mol. The van der Waals surface area contributed by atoms with E-state index in [1.165, 1.54) is 4.90 Å². The fourth-order valence-electron chi connectivity index (χ4n) is 2.62. The van der Waals surface area contributed by atoms with E-state index >= 15 is 0 Å². The molecule has 1 aliphatic heterocycles. The molecule has 1 atom stereocenters. The molecule has 0 saturated carbocycles. The van der Waals surface area contributed by atoms with E-state index in [9.17, 15) is 5.21 Å². The number of nitrogens with zero attached hydrogens (tertiary/aromatic N) is 2. The molecule has 2 rings (SSSR count). The lowest BCUT2D eigenvalue weighted by Gasteiger charge is -2.29. The largest absolute Gasteiger partial charge is 0.622 e. The molecule has 22 heavy (non-hydrogen) atoms. The van der Waals surface area contributed by atoms with Gasteiger partial charge in [0, 0.05) is 17.0 Å². The van der Waals surface area contributed by atoms with Crippen molar-refractivity contribution in [2.75, 3.05) is 12.8 Å². The summed E-state index contributed by atoms with van der Waals surface area (Å²) in [6.07, 6.45) is 4.43. The van der Waals surface area contributed by atoms with Gasteiger partial charge in [0.1, 0.15) is 9.07 Å². The van der Waals surface area contributed by atoms with Crippen LogP contribution in [0.4, 0.5) is 0 Å². The summed E-state index contributed by atoms with van der Waals surface area (Å²) < 4.78 is 1.67. The molecular weight excluding hydrogens is 332 g/mol. The van der Waals surface area contributed by atoms with Crippen LogP contribution >= 0.6 is 35.7 Å². The van der Waals surface area contributed by atoms with Gasteiger partial charge >= 0.3 is 0 Å². The van der Waals surface area contributed by atoms with Crippen LogP contribution in [0, 0.1) is 5.21 Å². The minimum Gasteiger partial charge on any atom is -0.622 e. The van der Waals surface area contributed by atoms with Gasteiger partial charge in [-0.2, -0.15) is 4.74 Å². The maximum Gasteiger partial charge on any atom is 0.254 e. The Bertz CT molecular complexity index is 569. The summed E-state index contributed by atoms with van der Waals surface area (Å²) in [7, 11) is 0. The number of rotatable bonds is 5. The Labute approximate surface area is 146 Å². The van der Waals surface area contributed by atoms with Crippen LogP contribution in [-0.2, 0) is 0 Å². The minimum absolute atomic E-state index is 0.219. The van der Waals surface area contributed by atoms with Gasteiger partial charge in [-0.25, -0.2) is 0 Å². The van der Waals surface area contributed by atoms with Gasteiger partial charge in [-0.1, -0.05) is 30.9 Å². The van der Waals surface area contributed by atoms with Crippen LogP contribution in [0.25, 0.3) is 0 Å². The average Bonchev–Trinajstić information content (AvgIpc) is 2.69. The number of benzene rings is 1. The van der Waals surface area contributed by atoms with Crippen LogP contribution in [0.3, 0.4) is 0 Å². The predicted octanol–water partition coefficient (Wildman–Crippen LogP) is 4.19. The summed E-state index contributed by atoms with van der Waals surface area (Å²) >= 11 is 8.77. The van der Waals surface area contributed by atoms with Gasteiger partial charge in [0.15, 0.2) is 6.21 Å². The van der Waals surface area contributed by atoms with Crippen LogP contribution < -0.4 is 0 Å². The van der Waals surface area contributed by atoms with Gasteiger partial charge in [-0.15, -0.1) is 11.8 Å². The van der Waals surface area contributed by atoms with E-state index in [1.807, 2.05) is 30.5 Å². The zero-order valence-electron chi connectivity index (χ0n) is 13.4. The van der Waals surface area contributed by atoms with Crippen LogP contribution in [0.1, 0.15) is 32.8 Å². The number of hydrogen-bond donors (Lipinski definition) is 0. The van der Waals surface area contributed by atoms with Gasteiger partial charge in [-0.3, -0.25) is 4.90 Å². The molecule has 1 aromatic rings. The number of thioether (sulfide) groups is 2. The van der Waals surface area contributed by atoms with Crippen LogP contribution in [0.15, 0.2) is 29.2 Å². The zero-order chi connectivity index (χ0) is 16.3. The van der Waals surface area contributed by atoms with Crippen molar-refractivity contribution in [3.8, 4) is 0 Å². The van der Waals surface area contributed by atoms with Gasteiger partial charge in [0.05, 0.1) is 0 Å². The monoisotopic (exact) mass is 354 g/mol. The van der Waals surface area contributed by atoms with Crippen molar-refractivity contribution in [2.45, 2.75) is 43.0 Å². The summed E-state index contributed by atoms with van der Waals surface area (Å²) in [6, 6.07) is 8.03. The number of thiocarbonyl (C=S) groups is 1. The second kappa shape index (κ2) is 7.23. The van der Waals surface area contributed by atoms with Gasteiger partial charge < -0.3 is 5.21 Å². The molecule has 120 valence electrons. The summed E-state index contributed by atoms with van der Waals surface area (Å²) in [4.78, 5) is 3.25. The molecule has 0 amide bonds. The molecule has 1 fully saturated rings. The minimum atomic E-state index is -0.259. The van der Waals surface area contributed by atoms with E-state index in [0.29, 0.717) is 0 Å². The molecule has 0 bridgehead atoms. The van der Waals surface area contributed by atoms with E-state index < -0.39 is 0 Å². The summed E-state index contributed by atoms with van der Waals surface area (Å²) in [5, 5.41) is 12.8. The average molecular weight is 355 g/mol. The van der Waals surface area contributed by atoms with E-state index in [1.54, 1.807) is 29.7 Å². The van der Waals surface area contributed by atoms with Crippen molar-refractivity contribution in [3.05, 3.63) is 35.0 Å². The lowest BCUT2D eigenvalue weighted by atomic mass is 10.1. The topological polar surface area (TPSA) is 29.3 Å². The molecule has 0 aromatic heterocycles. The maximum atomic E-state index is 12.8. The van der Waals surface area contributed by atoms with Crippen LogP contribution in [0.2, 0.25) is 0 Å². The molecule has 0 spiro atoms. The van der Waals surface area contributed by atoms with E-state index in [2.05, 4.69) is 25.7 Å². The highest BCUT2D eigenvalue weighted by Gasteiger charge is 2.49. The molecule has 0 radical (unpaired) electrons. The summed E-state index contributed by atoms with van der Waals surface area (Å²) in [6.45, 7) is 7.09. The molecule has 0 N–H and O–H groups in total. The Morgan fingerprint density at radius 3 is 2.59 bits per heavy atom. The third-order valence-electron chi connectivity index (χ3n) is 3.60. The fourth-order valence-corrected chi connectivity index (χ4v) is 4.96. The zero-order valence-corrected chi connectivity index (χ0v) is 15.9. The first-order valence-electron chi connectivity index (χ1n) is 7.33. The standard InChI is InChI=1S/C16H22N2OS3/c1-5-10-17-14(16(2,3)22-15(17)20)18(19)11-12-6-8-13(21-4)9-7-12/h6-9,11,14H,5,10H2,1-4H3. The molecule has 1 aliphatic rings. The van der Waals surface area contributed by atoms with Crippen molar-refractivity contribution in [3.63, 3.8) is 0 Å². The summed E-state index contributed by atoms with van der Waals surface area (Å²) in [5.41, 5.74) is 0.919. The van der Waals surface area contributed by atoms with Crippen molar-refractivity contribution in [1.82, 2.24) is 4.90 Å². The number of hydrogen-bond acceptors (Lipinski definition) is 4. The third kappa shape index (κ3) is 3.78. The van der Waals surface area contributed by atoms with Gasteiger partial charge in [0.2, 0.25) is 0 Å². The maximum absolute atomic E-state index is 12.8. The Hall–Kier alpha value is -0.720. The highest BCUT2D eigenvalue weighted by Crippen LogP contribution is 2.41. The Morgan fingerprint density at radius 1 is 1.41 bits per heavy atom. The second-order valence-corrected chi connectivity index (χ2v) is 8.97. The molecule has 1 unspecified atom stereocenters. The summed E-state index contributed by atoms with van der Waals surface area (Å²) in [5.74, 6) is 0. The van der Waals surface area contributed by atoms with E-state index in [4.69, 9.17) is 12.2 Å². The molecule has 1 saturated heterocycles. The Balaban J connectivity index is 2.29. The first-order chi connectivity index (χ1) is 10.4. The number of hydroxylamine groups is 1.